The van der Waals surface area contributed by atoms with Crippen LogP contribution in [0.15, 0.2) is 138 Å². The molecule has 4 rings (SSSR count). The number of allylic oxidation sites excluding steroid dienone is 1. The predicted molar refractivity (Wildman–Crippen MR) is 137 cm³/mol. The Bertz CT molecular complexity index is 1480. The minimum absolute atomic E-state index is 0.0694. The summed E-state index contributed by atoms with van der Waals surface area (Å²) in [5, 5.41) is 0. The van der Waals surface area contributed by atoms with E-state index in [2.05, 4.69) is 6.58 Å². The van der Waals surface area contributed by atoms with Crippen molar-refractivity contribution in [3.05, 3.63) is 133 Å². The number of ether oxygens (including phenoxy) is 1. The van der Waals surface area contributed by atoms with Gasteiger partial charge in [-0.3, -0.25) is 0 Å². The van der Waals surface area contributed by atoms with Crippen LogP contribution in [-0.2, 0) is 19.7 Å². The fourth-order valence-corrected chi connectivity index (χ4v) is 8.41. The summed E-state index contributed by atoms with van der Waals surface area (Å²) < 4.78 is 74.5. The molecule has 0 bridgehead atoms. The van der Waals surface area contributed by atoms with Crippen molar-refractivity contribution in [1.29, 1.82) is 0 Å². The van der Waals surface area contributed by atoms with E-state index in [4.69, 9.17) is 4.74 Å². The molecule has 0 aliphatic carbocycles. The zero-order valence-electron chi connectivity index (χ0n) is 19.1. The van der Waals surface area contributed by atoms with Crippen LogP contribution in [-0.4, -0.2) is 21.2 Å². The number of hydrogen-bond acceptors (Lipinski definition) is 5. The summed E-state index contributed by atoms with van der Waals surface area (Å²) in [6, 6.07) is 28.2. The zero-order valence-corrected chi connectivity index (χ0v) is 20.7. The first-order chi connectivity index (χ1) is 17.2. The lowest BCUT2D eigenvalue weighted by Gasteiger charge is -2.31. The molecule has 184 valence electrons. The lowest BCUT2D eigenvalue weighted by Crippen LogP contribution is -2.47. The Morgan fingerprint density at radius 1 is 0.667 bits per heavy atom. The summed E-state index contributed by atoms with van der Waals surface area (Å²) in [5.41, 5.74) is 0.0694. The number of benzene rings is 4. The lowest BCUT2D eigenvalue weighted by atomic mass is 10.00. The van der Waals surface area contributed by atoms with Crippen LogP contribution in [0.1, 0.15) is 11.5 Å². The van der Waals surface area contributed by atoms with Gasteiger partial charge in [0.2, 0.25) is 19.7 Å². The third-order valence-electron chi connectivity index (χ3n) is 5.64. The molecule has 8 heteroatoms. The van der Waals surface area contributed by atoms with Gasteiger partial charge in [-0.2, -0.15) is 0 Å². The second-order valence-corrected chi connectivity index (χ2v) is 12.3. The second kappa shape index (κ2) is 10.1. The highest BCUT2D eigenvalue weighted by Gasteiger charge is 2.62. The molecule has 0 spiro atoms. The van der Waals surface area contributed by atoms with Crippen molar-refractivity contribution in [2.45, 2.75) is 20.0 Å². The molecular formula is C28H23FO5S2. The Kier molecular flexibility index (Phi) is 7.10. The molecule has 4 aromatic rings. The topological polar surface area (TPSA) is 77.5 Å². The summed E-state index contributed by atoms with van der Waals surface area (Å²) >= 11 is 0. The van der Waals surface area contributed by atoms with Gasteiger partial charge in [0.25, 0.3) is 0 Å². The fraction of sp³-hybridized carbons (Fsp3) is 0.0714. The number of sulfone groups is 2. The lowest BCUT2D eigenvalue weighted by molar-refractivity contribution is 0.331. The van der Waals surface area contributed by atoms with Gasteiger partial charge in [-0.25, -0.2) is 21.2 Å². The summed E-state index contributed by atoms with van der Waals surface area (Å²) in [7, 11) is -10.2. The van der Waals surface area contributed by atoms with Crippen LogP contribution < -0.4 is 4.74 Å². The molecule has 0 N–H and O–H groups in total. The number of hydrogen-bond donors (Lipinski definition) is 0. The highest BCUT2D eigenvalue weighted by Crippen LogP contribution is 2.48. The highest BCUT2D eigenvalue weighted by atomic mass is 32.3. The van der Waals surface area contributed by atoms with Gasteiger partial charge >= 0.3 is 4.33 Å². The van der Waals surface area contributed by atoms with E-state index in [-0.39, 0.29) is 11.3 Å². The maximum absolute atomic E-state index is 17.3. The molecule has 0 saturated heterocycles. The first-order valence-corrected chi connectivity index (χ1v) is 13.9. The Balaban J connectivity index is 1.92. The van der Waals surface area contributed by atoms with Crippen LogP contribution in [0.2, 0.25) is 0 Å². The van der Waals surface area contributed by atoms with E-state index in [9.17, 15) is 16.8 Å². The van der Waals surface area contributed by atoms with Crippen molar-refractivity contribution in [1.82, 2.24) is 0 Å². The third-order valence-corrected chi connectivity index (χ3v) is 10.7. The zero-order chi connectivity index (χ0) is 25.8. The molecule has 5 nitrogen and oxygen atoms in total. The van der Waals surface area contributed by atoms with Crippen molar-refractivity contribution >= 4 is 19.7 Å². The SMILES string of the molecule is C=C[C@@H](c1cccc(Oc2ccccc2)c1)C(F)(S(=O)(=O)c1ccccc1)S(=O)(=O)c1ccccc1. The smallest absolute Gasteiger partial charge is 0.327 e. The predicted octanol–water partition coefficient (Wildman–Crippen LogP) is 6.32. The van der Waals surface area contributed by atoms with Crippen LogP contribution in [0.4, 0.5) is 4.39 Å². The van der Waals surface area contributed by atoms with E-state index >= 15 is 4.39 Å². The molecule has 4 aromatic carbocycles. The highest BCUT2D eigenvalue weighted by molar-refractivity contribution is 8.10. The average Bonchev–Trinajstić information content (AvgIpc) is 2.90. The maximum Gasteiger partial charge on any atom is 0.327 e. The van der Waals surface area contributed by atoms with Crippen LogP contribution in [0.3, 0.4) is 0 Å². The molecule has 0 fully saturated rings. The van der Waals surface area contributed by atoms with Gasteiger partial charge in [-0.15, -0.1) is 6.58 Å². The van der Waals surface area contributed by atoms with Gasteiger partial charge in [-0.1, -0.05) is 72.8 Å². The van der Waals surface area contributed by atoms with E-state index in [0.717, 1.165) is 6.08 Å². The Morgan fingerprint density at radius 2 is 1.11 bits per heavy atom. The number of rotatable bonds is 9. The molecular weight excluding hydrogens is 499 g/mol. The molecule has 0 radical (unpaired) electrons. The molecule has 0 aromatic heterocycles. The largest absolute Gasteiger partial charge is 0.457 e. The molecule has 36 heavy (non-hydrogen) atoms. The summed E-state index contributed by atoms with van der Waals surface area (Å²) in [4.78, 5) is -0.925. The van der Waals surface area contributed by atoms with Crippen molar-refractivity contribution in [2.75, 3.05) is 0 Å². The minimum Gasteiger partial charge on any atom is -0.457 e. The summed E-state index contributed by atoms with van der Waals surface area (Å²) in [5.74, 6) is -1.00. The molecule has 1 atom stereocenters. The minimum atomic E-state index is -5.10. The normalized spacial score (nSPS) is 13.0. The molecule has 0 aliphatic heterocycles. The van der Waals surface area contributed by atoms with Gasteiger partial charge in [-0.05, 0) is 54.1 Å². The Labute approximate surface area is 210 Å². The molecule has 0 aliphatic rings. The van der Waals surface area contributed by atoms with Gasteiger partial charge in [0.15, 0.2) is 0 Å². The number of alkyl halides is 1. The van der Waals surface area contributed by atoms with E-state index in [1.165, 1.54) is 66.7 Å². The van der Waals surface area contributed by atoms with E-state index in [0.29, 0.717) is 5.75 Å². The fourth-order valence-electron chi connectivity index (χ4n) is 3.87. The van der Waals surface area contributed by atoms with Gasteiger partial charge < -0.3 is 4.74 Å². The summed E-state index contributed by atoms with van der Waals surface area (Å²) in [6.07, 6.45) is 1.00. The van der Waals surface area contributed by atoms with E-state index < -0.39 is 39.7 Å². The Hall–Kier alpha value is -3.75. The molecule has 0 unspecified atom stereocenters. The van der Waals surface area contributed by atoms with Gasteiger partial charge in [0.1, 0.15) is 11.5 Å². The summed E-state index contributed by atoms with van der Waals surface area (Å²) in [6.45, 7) is 3.62. The van der Waals surface area contributed by atoms with Crippen LogP contribution in [0.5, 0.6) is 11.5 Å². The third kappa shape index (κ3) is 4.45. The van der Waals surface area contributed by atoms with Crippen molar-refractivity contribution in [3.63, 3.8) is 0 Å². The molecule has 0 saturated carbocycles. The molecule has 0 heterocycles. The average molecular weight is 523 g/mol. The first-order valence-electron chi connectivity index (χ1n) is 11.0. The number of para-hydroxylation sites is 1. The standard InChI is InChI=1S/C28H23FO5S2/c1-2-27(22-13-12-16-24(21-22)34-23-14-6-3-7-15-23)28(29,35(30,31)25-17-8-4-9-18-25)36(32,33)26-19-10-5-11-20-26/h2-21,27H,1H2/t27-/m0/s1. The van der Waals surface area contributed by atoms with Crippen LogP contribution >= 0.6 is 0 Å². The first kappa shape index (κ1) is 25.3. The monoisotopic (exact) mass is 522 g/mol. The van der Waals surface area contributed by atoms with Gasteiger partial charge in [0, 0.05) is 0 Å². The maximum atomic E-state index is 17.3. The van der Waals surface area contributed by atoms with Crippen LogP contribution in [0.25, 0.3) is 0 Å². The van der Waals surface area contributed by atoms with E-state index in [1.807, 2.05) is 6.07 Å². The second-order valence-electron chi connectivity index (χ2n) is 7.92. The van der Waals surface area contributed by atoms with Crippen molar-refractivity contribution < 1.29 is 26.0 Å². The Morgan fingerprint density at radius 3 is 1.58 bits per heavy atom. The van der Waals surface area contributed by atoms with Crippen LogP contribution in [0, 0.1) is 0 Å². The van der Waals surface area contributed by atoms with Crippen molar-refractivity contribution in [3.8, 4) is 11.5 Å². The quantitative estimate of drug-likeness (QED) is 0.241. The molecule has 0 amide bonds. The van der Waals surface area contributed by atoms with Gasteiger partial charge in [0.05, 0.1) is 15.7 Å². The van der Waals surface area contributed by atoms with E-state index in [1.54, 1.807) is 42.5 Å². The number of halogens is 1. The van der Waals surface area contributed by atoms with Crippen molar-refractivity contribution in [2.24, 2.45) is 0 Å².